The Morgan fingerprint density at radius 3 is 2.39 bits per heavy atom. The molecule has 18 heavy (non-hydrogen) atoms. The van der Waals surface area contributed by atoms with Gasteiger partial charge in [0.1, 0.15) is 0 Å². The van der Waals surface area contributed by atoms with Gasteiger partial charge in [-0.15, -0.1) is 12.6 Å². The molecule has 2 aromatic rings. The highest BCUT2D eigenvalue weighted by Gasteiger charge is 2.06. The number of aryl methyl sites for hydroxylation is 1. The third-order valence-electron chi connectivity index (χ3n) is 2.80. The lowest BCUT2D eigenvalue weighted by Gasteiger charge is -2.09. The number of thiol groups is 1. The lowest BCUT2D eigenvalue weighted by Crippen LogP contribution is -1.98. The summed E-state index contributed by atoms with van der Waals surface area (Å²) in [5.41, 5.74) is 3.24. The first-order chi connectivity index (χ1) is 8.66. The van der Waals surface area contributed by atoms with Crippen molar-refractivity contribution in [3.05, 3.63) is 54.1 Å². The topological polar surface area (TPSA) is 37.3 Å². The van der Waals surface area contributed by atoms with E-state index in [1.165, 1.54) is 0 Å². The number of carboxylic acid groups (broad SMARTS) is 1. The quantitative estimate of drug-likeness (QED) is 0.821. The molecule has 0 heterocycles. The van der Waals surface area contributed by atoms with Gasteiger partial charge in [0.2, 0.25) is 0 Å². The summed E-state index contributed by atoms with van der Waals surface area (Å²) in [5, 5.41) is 8.76. The molecule has 0 atom stereocenters. The normalized spacial score (nSPS) is 10.3. The van der Waals surface area contributed by atoms with Crippen molar-refractivity contribution < 1.29 is 9.90 Å². The predicted molar refractivity (Wildman–Crippen MR) is 75.1 cm³/mol. The predicted octanol–water partition coefficient (Wildman–Crippen LogP) is 3.66. The van der Waals surface area contributed by atoms with Crippen molar-refractivity contribution in [2.75, 3.05) is 0 Å². The summed E-state index contributed by atoms with van der Waals surface area (Å²) in [4.78, 5) is 11.6. The second kappa shape index (κ2) is 5.74. The van der Waals surface area contributed by atoms with Crippen LogP contribution in [0.25, 0.3) is 11.1 Å². The van der Waals surface area contributed by atoms with Crippen molar-refractivity contribution in [3.8, 4) is 11.1 Å². The second-order valence-electron chi connectivity index (χ2n) is 4.10. The molecule has 0 aliphatic rings. The fourth-order valence-corrected chi connectivity index (χ4v) is 2.05. The maximum absolute atomic E-state index is 10.7. The van der Waals surface area contributed by atoms with Gasteiger partial charge in [-0.05, 0) is 35.2 Å². The van der Waals surface area contributed by atoms with Gasteiger partial charge in [-0.1, -0.05) is 36.4 Å². The summed E-state index contributed by atoms with van der Waals surface area (Å²) in [6.45, 7) is 0. The molecule has 92 valence electrons. The van der Waals surface area contributed by atoms with Crippen LogP contribution in [0.5, 0.6) is 0 Å². The molecule has 0 aromatic heterocycles. The van der Waals surface area contributed by atoms with Gasteiger partial charge in [-0.3, -0.25) is 4.79 Å². The Balaban J connectivity index is 2.32. The van der Waals surface area contributed by atoms with Crippen molar-refractivity contribution in [2.24, 2.45) is 0 Å². The second-order valence-corrected chi connectivity index (χ2v) is 4.61. The maximum atomic E-state index is 10.7. The summed E-state index contributed by atoms with van der Waals surface area (Å²) in [7, 11) is 0. The molecule has 0 saturated heterocycles. The summed E-state index contributed by atoms with van der Waals surface area (Å²) >= 11 is 4.26. The highest BCUT2D eigenvalue weighted by atomic mass is 32.1. The van der Waals surface area contributed by atoms with E-state index < -0.39 is 5.97 Å². The molecule has 0 radical (unpaired) electrons. The van der Waals surface area contributed by atoms with Crippen LogP contribution in [0.4, 0.5) is 0 Å². The standard InChI is InChI=1S/C15H14O2S/c16-15(17)10-7-11-3-1-2-4-14(11)12-5-8-13(18)9-6-12/h1-6,8-9,18H,7,10H2,(H,16,17). The molecule has 0 bridgehead atoms. The van der Waals surface area contributed by atoms with Crippen LogP contribution in [0.1, 0.15) is 12.0 Å². The van der Waals surface area contributed by atoms with Crippen LogP contribution >= 0.6 is 12.6 Å². The lowest BCUT2D eigenvalue weighted by molar-refractivity contribution is -0.136. The summed E-state index contributed by atoms with van der Waals surface area (Å²) in [5.74, 6) is -0.768. The van der Waals surface area contributed by atoms with Gasteiger partial charge in [0, 0.05) is 11.3 Å². The number of aliphatic carboxylic acids is 1. The highest BCUT2D eigenvalue weighted by molar-refractivity contribution is 7.80. The monoisotopic (exact) mass is 258 g/mol. The molecule has 2 aromatic carbocycles. The van der Waals surface area contributed by atoms with Crippen LogP contribution in [0.2, 0.25) is 0 Å². The zero-order chi connectivity index (χ0) is 13.0. The Labute approximate surface area is 112 Å². The van der Waals surface area contributed by atoms with E-state index in [0.717, 1.165) is 21.6 Å². The van der Waals surface area contributed by atoms with Gasteiger partial charge in [0.25, 0.3) is 0 Å². The molecular weight excluding hydrogens is 244 g/mol. The van der Waals surface area contributed by atoms with Gasteiger partial charge in [0.05, 0.1) is 0 Å². The van der Waals surface area contributed by atoms with Crippen LogP contribution < -0.4 is 0 Å². The van der Waals surface area contributed by atoms with Crippen molar-refractivity contribution in [3.63, 3.8) is 0 Å². The Morgan fingerprint density at radius 2 is 1.72 bits per heavy atom. The van der Waals surface area contributed by atoms with E-state index in [9.17, 15) is 4.79 Å². The fourth-order valence-electron chi connectivity index (χ4n) is 1.90. The number of carbonyl (C=O) groups is 1. The molecular formula is C15H14O2S. The lowest BCUT2D eigenvalue weighted by atomic mass is 9.97. The van der Waals surface area contributed by atoms with Crippen LogP contribution in [-0.2, 0) is 11.2 Å². The van der Waals surface area contributed by atoms with Crippen LogP contribution in [0.3, 0.4) is 0 Å². The van der Waals surface area contributed by atoms with Crippen molar-refractivity contribution >= 4 is 18.6 Å². The van der Waals surface area contributed by atoms with Gasteiger partial charge in [-0.2, -0.15) is 0 Å². The number of carboxylic acids is 1. The molecule has 0 aliphatic heterocycles. The number of rotatable bonds is 4. The molecule has 1 N–H and O–H groups in total. The number of hydrogen-bond acceptors (Lipinski definition) is 2. The van der Waals surface area contributed by atoms with Gasteiger partial charge in [-0.25, -0.2) is 0 Å². The first-order valence-electron chi connectivity index (χ1n) is 5.76. The van der Waals surface area contributed by atoms with E-state index in [-0.39, 0.29) is 6.42 Å². The zero-order valence-corrected chi connectivity index (χ0v) is 10.7. The third-order valence-corrected chi connectivity index (χ3v) is 3.10. The summed E-state index contributed by atoms with van der Waals surface area (Å²) in [6.07, 6.45) is 0.704. The summed E-state index contributed by atoms with van der Waals surface area (Å²) < 4.78 is 0. The largest absolute Gasteiger partial charge is 0.481 e. The van der Waals surface area contributed by atoms with E-state index >= 15 is 0 Å². The minimum absolute atomic E-state index is 0.154. The summed E-state index contributed by atoms with van der Waals surface area (Å²) in [6, 6.07) is 15.8. The van der Waals surface area contributed by atoms with Crippen molar-refractivity contribution in [1.82, 2.24) is 0 Å². The van der Waals surface area contributed by atoms with E-state index in [0.29, 0.717) is 6.42 Å². The zero-order valence-electron chi connectivity index (χ0n) is 9.84. The SMILES string of the molecule is O=C(O)CCc1ccccc1-c1ccc(S)cc1. The Bertz CT molecular complexity index is 547. The minimum atomic E-state index is -0.768. The highest BCUT2D eigenvalue weighted by Crippen LogP contribution is 2.25. The van der Waals surface area contributed by atoms with Crippen LogP contribution in [0, 0.1) is 0 Å². The first-order valence-corrected chi connectivity index (χ1v) is 6.20. The van der Waals surface area contributed by atoms with E-state index in [1.807, 2.05) is 48.5 Å². The van der Waals surface area contributed by atoms with Crippen molar-refractivity contribution in [1.29, 1.82) is 0 Å². The molecule has 0 spiro atoms. The van der Waals surface area contributed by atoms with E-state index in [1.54, 1.807) is 0 Å². The smallest absolute Gasteiger partial charge is 0.303 e. The molecule has 0 saturated carbocycles. The van der Waals surface area contributed by atoms with Gasteiger partial charge >= 0.3 is 5.97 Å². The molecule has 0 fully saturated rings. The average Bonchev–Trinajstić information content (AvgIpc) is 2.38. The number of hydrogen-bond donors (Lipinski definition) is 2. The first kappa shape index (κ1) is 12.7. The molecule has 0 unspecified atom stereocenters. The minimum Gasteiger partial charge on any atom is -0.481 e. The molecule has 0 aliphatic carbocycles. The van der Waals surface area contributed by atoms with Crippen LogP contribution in [0.15, 0.2) is 53.4 Å². The molecule has 0 amide bonds. The van der Waals surface area contributed by atoms with E-state index in [2.05, 4.69) is 12.6 Å². The fraction of sp³-hybridized carbons (Fsp3) is 0.133. The Kier molecular flexibility index (Phi) is 4.05. The Hall–Kier alpha value is -1.74. The van der Waals surface area contributed by atoms with Crippen LogP contribution in [-0.4, -0.2) is 11.1 Å². The number of benzene rings is 2. The average molecular weight is 258 g/mol. The molecule has 2 rings (SSSR count). The van der Waals surface area contributed by atoms with Gasteiger partial charge in [0.15, 0.2) is 0 Å². The van der Waals surface area contributed by atoms with Gasteiger partial charge < -0.3 is 5.11 Å². The third kappa shape index (κ3) is 3.14. The molecule has 2 nitrogen and oxygen atoms in total. The van der Waals surface area contributed by atoms with E-state index in [4.69, 9.17) is 5.11 Å². The maximum Gasteiger partial charge on any atom is 0.303 e. The van der Waals surface area contributed by atoms with Crippen molar-refractivity contribution in [2.45, 2.75) is 17.7 Å². The Morgan fingerprint density at radius 1 is 1.06 bits per heavy atom. The molecule has 3 heteroatoms.